The SMILES string of the molecule is Cc1nn(CC(=O)NCc2cnn(C)c2C)c(C)c1[N+](=O)[O-]. The van der Waals surface area contributed by atoms with E-state index in [9.17, 15) is 14.9 Å². The Balaban J connectivity index is 2.02. The van der Waals surface area contributed by atoms with Gasteiger partial charge in [-0.3, -0.25) is 24.3 Å². The van der Waals surface area contributed by atoms with Crippen molar-refractivity contribution in [2.75, 3.05) is 0 Å². The van der Waals surface area contributed by atoms with Gasteiger partial charge in [0.15, 0.2) is 0 Å². The van der Waals surface area contributed by atoms with E-state index in [1.807, 2.05) is 14.0 Å². The van der Waals surface area contributed by atoms with Crippen LogP contribution in [-0.2, 0) is 24.9 Å². The van der Waals surface area contributed by atoms with Crippen LogP contribution in [0.4, 0.5) is 5.69 Å². The maximum absolute atomic E-state index is 12.0. The van der Waals surface area contributed by atoms with Gasteiger partial charge in [0.1, 0.15) is 17.9 Å². The number of nitro groups is 1. The number of nitrogens with one attached hydrogen (secondary N) is 1. The summed E-state index contributed by atoms with van der Waals surface area (Å²) in [6.07, 6.45) is 1.70. The Labute approximate surface area is 127 Å². The molecule has 2 rings (SSSR count). The highest BCUT2D eigenvalue weighted by Gasteiger charge is 2.22. The molecule has 2 aromatic rings. The zero-order chi connectivity index (χ0) is 16.4. The van der Waals surface area contributed by atoms with Gasteiger partial charge in [-0.2, -0.15) is 10.2 Å². The minimum atomic E-state index is -0.481. The van der Waals surface area contributed by atoms with Gasteiger partial charge < -0.3 is 5.32 Å². The highest BCUT2D eigenvalue weighted by atomic mass is 16.6. The van der Waals surface area contributed by atoms with E-state index in [2.05, 4.69) is 15.5 Å². The molecular weight excluding hydrogens is 288 g/mol. The summed E-state index contributed by atoms with van der Waals surface area (Å²) in [5.41, 5.74) is 2.53. The van der Waals surface area contributed by atoms with Crippen LogP contribution in [0.1, 0.15) is 22.6 Å². The van der Waals surface area contributed by atoms with Crippen LogP contribution >= 0.6 is 0 Å². The number of carbonyl (C=O) groups is 1. The molecule has 0 aliphatic rings. The Kier molecular flexibility index (Phi) is 4.25. The molecule has 2 heterocycles. The van der Waals surface area contributed by atoms with Crippen molar-refractivity contribution in [2.45, 2.75) is 33.9 Å². The Bertz CT molecular complexity index is 730. The summed E-state index contributed by atoms with van der Waals surface area (Å²) in [5, 5.41) is 21.8. The summed E-state index contributed by atoms with van der Waals surface area (Å²) in [6, 6.07) is 0. The average Bonchev–Trinajstić information content (AvgIpc) is 2.89. The molecule has 0 saturated heterocycles. The van der Waals surface area contributed by atoms with Gasteiger partial charge >= 0.3 is 5.69 Å². The Morgan fingerprint density at radius 1 is 1.36 bits per heavy atom. The van der Waals surface area contributed by atoms with Crippen LogP contribution in [0.3, 0.4) is 0 Å². The van der Waals surface area contributed by atoms with Gasteiger partial charge in [-0.05, 0) is 20.8 Å². The van der Waals surface area contributed by atoms with E-state index in [1.165, 1.54) is 4.68 Å². The van der Waals surface area contributed by atoms with Crippen molar-refractivity contribution < 1.29 is 9.72 Å². The molecule has 1 N–H and O–H groups in total. The van der Waals surface area contributed by atoms with Gasteiger partial charge in [0, 0.05) is 24.8 Å². The first-order chi connectivity index (χ1) is 10.3. The fraction of sp³-hybridized carbons (Fsp3) is 0.462. The largest absolute Gasteiger partial charge is 0.350 e. The van der Waals surface area contributed by atoms with Crippen molar-refractivity contribution in [1.82, 2.24) is 24.9 Å². The smallest absolute Gasteiger partial charge is 0.312 e. The Morgan fingerprint density at radius 3 is 2.55 bits per heavy atom. The fourth-order valence-electron chi connectivity index (χ4n) is 2.21. The Hall–Kier alpha value is -2.71. The van der Waals surface area contributed by atoms with Gasteiger partial charge in [0.05, 0.1) is 11.1 Å². The molecule has 0 aliphatic carbocycles. The van der Waals surface area contributed by atoms with E-state index in [4.69, 9.17) is 0 Å². The number of rotatable bonds is 5. The minimum absolute atomic E-state index is 0.0455. The van der Waals surface area contributed by atoms with E-state index in [1.54, 1.807) is 24.7 Å². The molecule has 0 radical (unpaired) electrons. The summed E-state index contributed by atoms with van der Waals surface area (Å²) < 4.78 is 3.07. The maximum Gasteiger partial charge on any atom is 0.312 e. The predicted molar refractivity (Wildman–Crippen MR) is 78.1 cm³/mol. The average molecular weight is 306 g/mol. The first-order valence-corrected chi connectivity index (χ1v) is 6.73. The molecule has 1 amide bonds. The molecule has 0 aromatic carbocycles. The first-order valence-electron chi connectivity index (χ1n) is 6.73. The number of aryl methyl sites for hydroxylation is 2. The zero-order valence-corrected chi connectivity index (χ0v) is 13.0. The van der Waals surface area contributed by atoms with E-state index in [-0.39, 0.29) is 18.1 Å². The second-order valence-electron chi connectivity index (χ2n) is 5.09. The summed E-state index contributed by atoms with van der Waals surface area (Å²) >= 11 is 0. The second-order valence-corrected chi connectivity index (χ2v) is 5.09. The van der Waals surface area contributed by atoms with Crippen LogP contribution < -0.4 is 5.32 Å². The predicted octanol–water partition coefficient (Wildman–Crippen LogP) is 0.766. The van der Waals surface area contributed by atoms with E-state index < -0.39 is 4.92 Å². The van der Waals surface area contributed by atoms with Gasteiger partial charge in [-0.15, -0.1) is 0 Å². The summed E-state index contributed by atoms with van der Waals surface area (Å²) in [5.74, 6) is -0.260. The van der Waals surface area contributed by atoms with Crippen LogP contribution in [0.15, 0.2) is 6.20 Å². The first kappa shape index (κ1) is 15.7. The molecule has 9 nitrogen and oxygen atoms in total. The van der Waals surface area contributed by atoms with Crippen molar-refractivity contribution in [3.63, 3.8) is 0 Å². The Morgan fingerprint density at radius 2 is 2.05 bits per heavy atom. The van der Waals surface area contributed by atoms with Crippen LogP contribution in [0.25, 0.3) is 0 Å². The molecule has 0 unspecified atom stereocenters. The normalized spacial score (nSPS) is 10.7. The van der Waals surface area contributed by atoms with Crippen molar-refractivity contribution >= 4 is 11.6 Å². The van der Waals surface area contributed by atoms with Crippen molar-refractivity contribution in [2.24, 2.45) is 7.05 Å². The number of carbonyl (C=O) groups excluding carboxylic acids is 1. The summed E-state index contributed by atoms with van der Waals surface area (Å²) in [4.78, 5) is 22.4. The van der Waals surface area contributed by atoms with Gasteiger partial charge in [-0.25, -0.2) is 0 Å². The van der Waals surface area contributed by atoms with E-state index in [0.29, 0.717) is 17.9 Å². The molecule has 0 spiro atoms. The molecule has 0 bridgehead atoms. The highest BCUT2D eigenvalue weighted by molar-refractivity contribution is 5.75. The number of amides is 1. The van der Waals surface area contributed by atoms with Crippen LogP contribution in [0.2, 0.25) is 0 Å². The molecule has 22 heavy (non-hydrogen) atoms. The molecule has 0 aliphatic heterocycles. The number of hydrogen-bond donors (Lipinski definition) is 1. The summed E-state index contributed by atoms with van der Waals surface area (Å²) in [6.45, 7) is 5.35. The van der Waals surface area contributed by atoms with Crippen molar-refractivity contribution in [1.29, 1.82) is 0 Å². The van der Waals surface area contributed by atoms with E-state index in [0.717, 1.165) is 11.3 Å². The lowest BCUT2D eigenvalue weighted by atomic mass is 10.2. The standard InChI is InChI=1S/C13H18N6O3/c1-8-13(19(21)22)10(3)18(16-8)7-12(20)14-5-11-6-15-17(4)9(11)2/h6H,5,7H2,1-4H3,(H,14,20). The van der Waals surface area contributed by atoms with Crippen molar-refractivity contribution in [3.05, 3.63) is 39.0 Å². The second kappa shape index (κ2) is 5.96. The third-order valence-electron chi connectivity index (χ3n) is 3.63. The lowest BCUT2D eigenvalue weighted by Crippen LogP contribution is -2.28. The lowest BCUT2D eigenvalue weighted by Gasteiger charge is -2.06. The molecule has 0 saturated carbocycles. The molecule has 118 valence electrons. The van der Waals surface area contributed by atoms with Crippen LogP contribution in [0, 0.1) is 30.9 Å². The molecule has 9 heteroatoms. The van der Waals surface area contributed by atoms with E-state index >= 15 is 0 Å². The van der Waals surface area contributed by atoms with Crippen LogP contribution in [-0.4, -0.2) is 30.4 Å². The zero-order valence-electron chi connectivity index (χ0n) is 13.0. The van der Waals surface area contributed by atoms with Crippen molar-refractivity contribution in [3.8, 4) is 0 Å². The third kappa shape index (κ3) is 2.97. The molecular formula is C13H18N6O3. The third-order valence-corrected chi connectivity index (χ3v) is 3.63. The minimum Gasteiger partial charge on any atom is -0.350 e. The lowest BCUT2D eigenvalue weighted by molar-refractivity contribution is -0.386. The topological polar surface area (TPSA) is 108 Å². The van der Waals surface area contributed by atoms with Crippen LogP contribution in [0.5, 0.6) is 0 Å². The van der Waals surface area contributed by atoms with Gasteiger partial charge in [0.2, 0.25) is 5.91 Å². The fourth-order valence-corrected chi connectivity index (χ4v) is 2.21. The quantitative estimate of drug-likeness (QED) is 0.648. The maximum atomic E-state index is 12.0. The van der Waals surface area contributed by atoms with Gasteiger partial charge in [-0.1, -0.05) is 0 Å². The monoisotopic (exact) mass is 306 g/mol. The molecule has 0 atom stereocenters. The van der Waals surface area contributed by atoms with Gasteiger partial charge in [0.25, 0.3) is 0 Å². The molecule has 0 fully saturated rings. The highest BCUT2D eigenvalue weighted by Crippen LogP contribution is 2.21. The number of nitrogens with zero attached hydrogens (tertiary/aromatic N) is 5. The number of aromatic nitrogens is 4. The number of hydrogen-bond acceptors (Lipinski definition) is 5. The molecule has 2 aromatic heterocycles. The summed E-state index contributed by atoms with van der Waals surface area (Å²) in [7, 11) is 1.83.